The Morgan fingerprint density at radius 3 is 2.81 bits per heavy atom. The first kappa shape index (κ1) is 14.9. The predicted molar refractivity (Wildman–Crippen MR) is 85.6 cm³/mol. The van der Waals surface area contributed by atoms with Crippen molar-refractivity contribution in [2.45, 2.75) is 32.2 Å². The van der Waals surface area contributed by atoms with E-state index in [-0.39, 0.29) is 24.4 Å². The van der Waals surface area contributed by atoms with Crippen LogP contribution in [0.3, 0.4) is 0 Å². The number of amides is 2. The minimum atomic E-state index is -0.313. The second-order valence-corrected chi connectivity index (χ2v) is 6.84. The van der Waals surface area contributed by atoms with Crippen LogP contribution in [0.4, 0.5) is 5.69 Å². The summed E-state index contributed by atoms with van der Waals surface area (Å²) in [5, 5.41) is 0.597. The summed E-state index contributed by atoms with van der Waals surface area (Å²) in [5.41, 5.74) is 1.61. The van der Waals surface area contributed by atoms with Crippen molar-refractivity contribution in [1.29, 1.82) is 0 Å². The molecule has 0 N–H and O–H groups in total. The first-order valence-electron chi connectivity index (χ1n) is 7.05. The van der Waals surface area contributed by atoms with Crippen molar-refractivity contribution in [3.05, 3.63) is 27.2 Å². The number of carbonyl (C=O) groups excluding carboxylic acids is 2. The van der Waals surface area contributed by atoms with Gasteiger partial charge in [0.1, 0.15) is 12.6 Å². The maximum Gasteiger partial charge on any atom is 0.250 e. The highest BCUT2D eigenvalue weighted by Gasteiger charge is 2.41. The Morgan fingerprint density at radius 1 is 1.29 bits per heavy atom. The molecule has 1 unspecified atom stereocenters. The van der Waals surface area contributed by atoms with E-state index in [1.54, 1.807) is 15.9 Å². The van der Waals surface area contributed by atoms with E-state index in [2.05, 4.69) is 15.9 Å². The number of benzene rings is 1. The van der Waals surface area contributed by atoms with Crippen LogP contribution in [-0.4, -0.2) is 35.8 Å². The number of halogens is 2. The van der Waals surface area contributed by atoms with Crippen LogP contribution >= 0.6 is 27.5 Å². The highest BCUT2D eigenvalue weighted by Crippen LogP contribution is 2.35. The molecule has 21 heavy (non-hydrogen) atoms. The predicted octanol–water partition coefficient (Wildman–Crippen LogP) is 3.14. The topological polar surface area (TPSA) is 40.6 Å². The van der Waals surface area contributed by atoms with Gasteiger partial charge in [-0.3, -0.25) is 9.59 Å². The van der Waals surface area contributed by atoms with Crippen molar-refractivity contribution in [3.63, 3.8) is 0 Å². The number of rotatable bonds is 1. The fourth-order valence-electron chi connectivity index (χ4n) is 3.02. The second kappa shape index (κ2) is 5.61. The van der Waals surface area contributed by atoms with Crippen LogP contribution in [0, 0.1) is 6.92 Å². The molecule has 0 bridgehead atoms. The molecule has 0 spiro atoms. The Balaban J connectivity index is 1.97. The largest absolute Gasteiger partial charge is 0.329 e. The summed E-state index contributed by atoms with van der Waals surface area (Å²) < 4.78 is 0.787. The first-order valence-corrected chi connectivity index (χ1v) is 8.22. The molecule has 2 heterocycles. The normalized spacial score (nSPS) is 22.5. The van der Waals surface area contributed by atoms with Gasteiger partial charge in [-0.15, -0.1) is 0 Å². The summed E-state index contributed by atoms with van der Waals surface area (Å²) in [4.78, 5) is 28.3. The summed E-state index contributed by atoms with van der Waals surface area (Å²) in [6, 6.07) is 3.32. The van der Waals surface area contributed by atoms with Gasteiger partial charge in [0.2, 0.25) is 11.8 Å². The zero-order valence-electron chi connectivity index (χ0n) is 11.7. The number of fused-ring (bicyclic) bond motifs is 1. The molecule has 2 aliphatic rings. The number of piperazine rings is 1. The van der Waals surface area contributed by atoms with E-state index in [0.717, 1.165) is 29.3 Å². The molecule has 1 atom stereocenters. The fraction of sp³-hybridized carbons (Fsp3) is 0.467. The van der Waals surface area contributed by atoms with E-state index in [9.17, 15) is 9.59 Å². The van der Waals surface area contributed by atoms with Gasteiger partial charge in [0.15, 0.2) is 0 Å². The summed E-state index contributed by atoms with van der Waals surface area (Å²) in [5.74, 6) is 0.0119. The lowest BCUT2D eigenvalue weighted by molar-refractivity contribution is -0.144. The van der Waals surface area contributed by atoms with Gasteiger partial charge < -0.3 is 9.80 Å². The minimum Gasteiger partial charge on any atom is -0.329 e. The number of hydrogen-bond acceptors (Lipinski definition) is 2. The number of anilines is 1. The van der Waals surface area contributed by atoms with Crippen LogP contribution in [0.25, 0.3) is 0 Å². The van der Waals surface area contributed by atoms with Crippen LogP contribution in [0.5, 0.6) is 0 Å². The van der Waals surface area contributed by atoms with Crippen LogP contribution in [0.2, 0.25) is 5.02 Å². The van der Waals surface area contributed by atoms with E-state index < -0.39 is 0 Å². The van der Waals surface area contributed by atoms with Crippen LogP contribution < -0.4 is 4.90 Å². The standard InChI is InChI=1S/C15H16BrClN2O2/c1-9-6-10(16)13(7-11(9)17)19-8-14(20)18-5-3-2-4-12(18)15(19)21/h6-7,12H,2-5,8H2,1H3. The molecule has 1 aromatic rings. The fourth-order valence-corrected chi connectivity index (χ4v) is 3.85. The molecule has 112 valence electrons. The molecular formula is C15H16BrClN2O2. The van der Waals surface area contributed by atoms with Crippen molar-refractivity contribution in [2.24, 2.45) is 0 Å². The summed E-state index contributed by atoms with van der Waals surface area (Å²) in [6.45, 7) is 2.69. The molecular weight excluding hydrogens is 356 g/mol. The maximum absolute atomic E-state index is 12.7. The van der Waals surface area contributed by atoms with Crippen LogP contribution in [0.1, 0.15) is 24.8 Å². The monoisotopic (exact) mass is 370 g/mol. The zero-order chi connectivity index (χ0) is 15.1. The number of nitrogens with zero attached hydrogens (tertiary/aromatic N) is 2. The van der Waals surface area contributed by atoms with Crippen molar-refractivity contribution in [3.8, 4) is 0 Å². The average molecular weight is 372 g/mol. The van der Waals surface area contributed by atoms with Gasteiger partial charge >= 0.3 is 0 Å². The van der Waals surface area contributed by atoms with Gasteiger partial charge in [-0.1, -0.05) is 11.6 Å². The van der Waals surface area contributed by atoms with Crippen molar-refractivity contribution < 1.29 is 9.59 Å². The summed E-state index contributed by atoms with van der Waals surface area (Å²) in [6.07, 6.45) is 2.72. The third-order valence-electron chi connectivity index (χ3n) is 4.19. The zero-order valence-corrected chi connectivity index (χ0v) is 14.1. The highest BCUT2D eigenvalue weighted by atomic mass is 79.9. The highest BCUT2D eigenvalue weighted by molar-refractivity contribution is 9.10. The first-order chi connectivity index (χ1) is 9.99. The number of hydrogen-bond donors (Lipinski definition) is 0. The smallest absolute Gasteiger partial charge is 0.250 e. The molecule has 4 nitrogen and oxygen atoms in total. The molecule has 0 aromatic heterocycles. The third kappa shape index (κ3) is 2.57. The Labute approximate surface area is 137 Å². The van der Waals surface area contributed by atoms with Gasteiger partial charge in [0, 0.05) is 16.0 Å². The number of aryl methyl sites for hydroxylation is 1. The number of piperidine rings is 1. The average Bonchev–Trinajstić information content (AvgIpc) is 2.47. The van der Waals surface area contributed by atoms with Gasteiger partial charge in [-0.05, 0) is 59.8 Å². The van der Waals surface area contributed by atoms with Crippen LogP contribution in [-0.2, 0) is 9.59 Å². The lowest BCUT2D eigenvalue weighted by Crippen LogP contribution is -2.61. The molecule has 1 aromatic carbocycles. The lowest BCUT2D eigenvalue weighted by atomic mass is 9.98. The third-order valence-corrected chi connectivity index (χ3v) is 5.23. The molecule has 3 rings (SSSR count). The molecule has 2 fully saturated rings. The van der Waals surface area contributed by atoms with Crippen molar-refractivity contribution >= 4 is 45.0 Å². The molecule has 0 radical (unpaired) electrons. The van der Waals surface area contributed by atoms with E-state index in [4.69, 9.17) is 11.6 Å². The van der Waals surface area contributed by atoms with Crippen molar-refractivity contribution in [2.75, 3.05) is 18.0 Å². The van der Waals surface area contributed by atoms with Crippen LogP contribution in [0.15, 0.2) is 16.6 Å². The Kier molecular flexibility index (Phi) is 3.97. The molecule has 0 saturated carbocycles. The van der Waals surface area contributed by atoms with E-state index in [0.29, 0.717) is 17.3 Å². The van der Waals surface area contributed by atoms with E-state index >= 15 is 0 Å². The van der Waals surface area contributed by atoms with Crippen molar-refractivity contribution in [1.82, 2.24) is 4.90 Å². The maximum atomic E-state index is 12.7. The van der Waals surface area contributed by atoms with Gasteiger partial charge in [0.25, 0.3) is 0 Å². The molecule has 2 saturated heterocycles. The van der Waals surface area contributed by atoms with Gasteiger partial charge in [0.05, 0.1) is 5.69 Å². The lowest BCUT2D eigenvalue weighted by Gasteiger charge is -2.43. The molecule has 0 aliphatic carbocycles. The van der Waals surface area contributed by atoms with Gasteiger partial charge in [-0.2, -0.15) is 0 Å². The summed E-state index contributed by atoms with van der Waals surface area (Å²) in [7, 11) is 0. The minimum absolute atomic E-state index is 0.00470. The SMILES string of the molecule is Cc1cc(Br)c(N2CC(=O)N3CCCCC3C2=O)cc1Cl. The van der Waals surface area contributed by atoms with E-state index in [1.165, 1.54) is 0 Å². The Hall–Kier alpha value is -1.07. The van der Waals surface area contributed by atoms with E-state index in [1.807, 2.05) is 13.0 Å². The Bertz CT molecular complexity index is 620. The summed E-state index contributed by atoms with van der Waals surface area (Å²) >= 11 is 9.65. The number of carbonyl (C=O) groups is 2. The Morgan fingerprint density at radius 2 is 2.05 bits per heavy atom. The molecule has 6 heteroatoms. The quantitative estimate of drug-likeness (QED) is 0.761. The second-order valence-electron chi connectivity index (χ2n) is 5.58. The molecule has 2 amide bonds. The van der Waals surface area contributed by atoms with Gasteiger partial charge in [-0.25, -0.2) is 0 Å². The molecule has 2 aliphatic heterocycles.